The molecule has 0 aliphatic carbocycles. The normalized spacial score (nSPS) is 23.8. The van der Waals surface area contributed by atoms with E-state index in [1.54, 1.807) is 0 Å². The van der Waals surface area contributed by atoms with Crippen molar-refractivity contribution in [3.8, 4) is 11.5 Å². The molecule has 2 atom stereocenters. The lowest BCUT2D eigenvalue weighted by atomic mass is 9.86. The summed E-state index contributed by atoms with van der Waals surface area (Å²) >= 11 is 0. The number of likely N-dealkylation sites (N-methyl/N-ethyl adjacent to an activating group) is 1. The van der Waals surface area contributed by atoms with Crippen LogP contribution in [0.3, 0.4) is 0 Å². The first kappa shape index (κ1) is 16.0. The van der Waals surface area contributed by atoms with Crippen molar-refractivity contribution < 1.29 is 14.3 Å². The Hall–Kier alpha value is -2.99. The van der Waals surface area contributed by atoms with Crippen LogP contribution in [0.15, 0.2) is 42.5 Å². The molecule has 2 aromatic carbocycles. The molecule has 0 radical (unpaired) electrons. The Morgan fingerprint density at radius 3 is 2.89 bits per heavy atom. The quantitative estimate of drug-likeness (QED) is 0.711. The molecule has 0 unspecified atom stereocenters. The lowest BCUT2D eigenvalue weighted by molar-refractivity contribution is -0.142. The van der Waals surface area contributed by atoms with E-state index >= 15 is 0 Å². The van der Waals surface area contributed by atoms with E-state index in [4.69, 9.17) is 9.47 Å². The maximum Gasteiger partial charge on any atom is 0.237 e. The van der Waals surface area contributed by atoms with Crippen LogP contribution in [0.25, 0.3) is 10.9 Å². The molecule has 0 bridgehead atoms. The third-order valence-electron chi connectivity index (χ3n) is 6.16. The van der Waals surface area contributed by atoms with Gasteiger partial charge in [0, 0.05) is 29.2 Å². The van der Waals surface area contributed by atoms with Crippen LogP contribution in [0.2, 0.25) is 0 Å². The van der Waals surface area contributed by atoms with Gasteiger partial charge in [0.1, 0.15) is 0 Å². The summed E-state index contributed by atoms with van der Waals surface area (Å²) in [5.41, 5.74) is 4.62. The Balaban J connectivity index is 1.57. The van der Waals surface area contributed by atoms with Crippen molar-refractivity contribution in [3.05, 3.63) is 59.3 Å². The molecule has 4 heterocycles. The Kier molecular flexibility index (Phi) is 3.29. The first-order valence-corrected chi connectivity index (χ1v) is 9.68. The predicted molar refractivity (Wildman–Crippen MR) is 105 cm³/mol. The van der Waals surface area contributed by atoms with E-state index in [9.17, 15) is 4.79 Å². The van der Waals surface area contributed by atoms with Crippen LogP contribution in [-0.2, 0) is 11.2 Å². The third kappa shape index (κ3) is 2.21. The second-order valence-corrected chi connectivity index (χ2v) is 7.93. The highest BCUT2D eigenvalue weighted by atomic mass is 16.7. The molecule has 28 heavy (non-hydrogen) atoms. The lowest BCUT2D eigenvalue weighted by Crippen LogP contribution is -2.59. The van der Waals surface area contributed by atoms with Crippen molar-refractivity contribution >= 4 is 16.8 Å². The van der Waals surface area contributed by atoms with Crippen LogP contribution in [0, 0.1) is 0 Å². The minimum absolute atomic E-state index is 0.142. The summed E-state index contributed by atoms with van der Waals surface area (Å²) in [5.74, 6) is 1.68. The maximum absolute atomic E-state index is 13.1. The summed E-state index contributed by atoms with van der Waals surface area (Å²) in [6.07, 6.45) is 0.872. The predicted octanol–water partition coefficient (Wildman–Crippen LogP) is 2.68. The molecule has 3 aliphatic rings. The number of aromatic nitrogens is 1. The highest BCUT2D eigenvalue weighted by Crippen LogP contribution is 2.44. The maximum atomic E-state index is 13.1. The molecule has 6 rings (SSSR count). The van der Waals surface area contributed by atoms with Crippen LogP contribution in [0.1, 0.15) is 22.9 Å². The second kappa shape index (κ2) is 5.75. The molecular weight excluding hydrogens is 354 g/mol. The Bertz CT molecular complexity index is 1110. The molecule has 1 saturated heterocycles. The van der Waals surface area contributed by atoms with E-state index in [1.165, 1.54) is 10.9 Å². The molecule has 3 aliphatic heterocycles. The van der Waals surface area contributed by atoms with Gasteiger partial charge in [-0.25, -0.2) is 0 Å². The number of nitrogens with zero attached hydrogens (tertiary/aromatic N) is 2. The van der Waals surface area contributed by atoms with Gasteiger partial charge in [-0.05, 0) is 42.8 Å². The number of ether oxygens (including phenoxy) is 2. The van der Waals surface area contributed by atoms with Gasteiger partial charge in [0.05, 0.1) is 12.6 Å². The fourth-order valence-electron chi connectivity index (χ4n) is 5.01. The molecule has 142 valence electrons. The molecular formula is C22H21N3O3. The van der Waals surface area contributed by atoms with Gasteiger partial charge in [-0.3, -0.25) is 9.69 Å². The number of hydrogen-bond acceptors (Lipinski definition) is 4. The minimum Gasteiger partial charge on any atom is -0.454 e. The van der Waals surface area contributed by atoms with E-state index in [0.29, 0.717) is 6.54 Å². The number of para-hydroxylation sites is 1. The standard InChI is InChI=1S/C22H21N3O3/c1-24-10-14-9-16-15-4-2-3-5-17(15)23-21(16)22(25(14)20(26)11-24)13-6-7-18-19(8-13)28-12-27-18/h2-8,14,22-23H,9-12H2,1H3/t14-,22-/m1/s1. The van der Waals surface area contributed by atoms with Crippen LogP contribution < -0.4 is 9.47 Å². The van der Waals surface area contributed by atoms with Crippen LogP contribution in [0.5, 0.6) is 11.5 Å². The van der Waals surface area contributed by atoms with Crippen molar-refractivity contribution in [2.45, 2.75) is 18.5 Å². The van der Waals surface area contributed by atoms with Crippen molar-refractivity contribution in [1.29, 1.82) is 0 Å². The number of aromatic amines is 1. The highest BCUT2D eigenvalue weighted by molar-refractivity contribution is 5.87. The molecule has 1 aromatic heterocycles. The van der Waals surface area contributed by atoms with Gasteiger partial charge in [-0.1, -0.05) is 24.3 Å². The number of piperazine rings is 1. The van der Waals surface area contributed by atoms with Crippen molar-refractivity contribution in [2.75, 3.05) is 26.9 Å². The Morgan fingerprint density at radius 2 is 1.96 bits per heavy atom. The van der Waals surface area contributed by atoms with Gasteiger partial charge in [-0.2, -0.15) is 0 Å². The lowest BCUT2D eigenvalue weighted by Gasteiger charge is -2.47. The van der Waals surface area contributed by atoms with Gasteiger partial charge < -0.3 is 19.4 Å². The largest absolute Gasteiger partial charge is 0.454 e. The average molecular weight is 375 g/mol. The van der Waals surface area contributed by atoms with Crippen molar-refractivity contribution in [2.24, 2.45) is 0 Å². The first-order chi connectivity index (χ1) is 13.7. The summed E-state index contributed by atoms with van der Waals surface area (Å²) in [4.78, 5) is 20.9. The minimum atomic E-state index is -0.142. The zero-order valence-electron chi connectivity index (χ0n) is 15.6. The second-order valence-electron chi connectivity index (χ2n) is 7.93. The van der Waals surface area contributed by atoms with E-state index in [1.807, 2.05) is 25.2 Å². The Morgan fingerprint density at radius 1 is 1.11 bits per heavy atom. The van der Waals surface area contributed by atoms with E-state index < -0.39 is 0 Å². The smallest absolute Gasteiger partial charge is 0.237 e. The number of carbonyl (C=O) groups is 1. The average Bonchev–Trinajstić information content (AvgIpc) is 3.29. The zero-order chi connectivity index (χ0) is 18.8. The van der Waals surface area contributed by atoms with Gasteiger partial charge in [0.25, 0.3) is 0 Å². The third-order valence-corrected chi connectivity index (χ3v) is 6.16. The van der Waals surface area contributed by atoms with Gasteiger partial charge in [0.2, 0.25) is 12.7 Å². The van der Waals surface area contributed by atoms with Gasteiger partial charge in [0.15, 0.2) is 11.5 Å². The van der Waals surface area contributed by atoms with Crippen LogP contribution in [0.4, 0.5) is 0 Å². The van der Waals surface area contributed by atoms with Crippen molar-refractivity contribution in [1.82, 2.24) is 14.8 Å². The topological polar surface area (TPSA) is 57.8 Å². The SMILES string of the molecule is CN1CC(=O)N2[C@H](Cc3c([nH]c4ccccc34)[C@H]2c2ccc3c(c2)OCO3)C1. The number of nitrogens with one attached hydrogen (secondary N) is 1. The first-order valence-electron chi connectivity index (χ1n) is 9.68. The van der Waals surface area contributed by atoms with E-state index in [-0.39, 0.29) is 24.8 Å². The number of amides is 1. The van der Waals surface area contributed by atoms with Crippen molar-refractivity contribution in [3.63, 3.8) is 0 Å². The molecule has 0 spiro atoms. The van der Waals surface area contributed by atoms with E-state index in [0.717, 1.165) is 41.2 Å². The fraction of sp³-hybridized carbons (Fsp3) is 0.318. The molecule has 3 aromatic rings. The van der Waals surface area contributed by atoms with Gasteiger partial charge in [-0.15, -0.1) is 0 Å². The van der Waals surface area contributed by atoms with E-state index in [2.05, 4.69) is 39.0 Å². The summed E-state index contributed by atoms with van der Waals surface area (Å²) < 4.78 is 11.1. The monoisotopic (exact) mass is 375 g/mol. The molecule has 6 heteroatoms. The number of fused-ring (bicyclic) bond motifs is 5. The van der Waals surface area contributed by atoms with Crippen LogP contribution in [-0.4, -0.2) is 53.7 Å². The summed E-state index contributed by atoms with van der Waals surface area (Å²) in [7, 11) is 2.02. The summed E-state index contributed by atoms with van der Waals surface area (Å²) in [5, 5.41) is 1.25. The number of H-pyrrole nitrogens is 1. The molecule has 1 amide bonds. The van der Waals surface area contributed by atoms with Crippen LogP contribution >= 0.6 is 0 Å². The molecule has 6 nitrogen and oxygen atoms in total. The number of benzene rings is 2. The molecule has 1 N–H and O–H groups in total. The molecule has 0 saturated carbocycles. The summed E-state index contributed by atoms with van der Waals surface area (Å²) in [6, 6.07) is 14.5. The zero-order valence-corrected chi connectivity index (χ0v) is 15.6. The summed E-state index contributed by atoms with van der Waals surface area (Å²) in [6.45, 7) is 1.58. The number of carbonyl (C=O) groups excluding carboxylic acids is 1. The fourth-order valence-corrected chi connectivity index (χ4v) is 5.01. The van der Waals surface area contributed by atoms with Gasteiger partial charge >= 0.3 is 0 Å². The highest BCUT2D eigenvalue weighted by Gasteiger charge is 2.43. The number of hydrogen-bond donors (Lipinski definition) is 1. The Labute approximate surface area is 162 Å². The number of rotatable bonds is 1. The molecule has 1 fully saturated rings.